The molecule has 0 aromatic carbocycles. The highest BCUT2D eigenvalue weighted by atomic mass is 16.5. The number of rotatable bonds is 3. The summed E-state index contributed by atoms with van der Waals surface area (Å²) in [5.74, 6) is 0.660. The number of hydrogen-bond donors (Lipinski definition) is 0. The maximum atomic E-state index is 9.65. The molecule has 2 nitrogen and oxygen atoms in total. The van der Waals surface area contributed by atoms with Crippen molar-refractivity contribution in [1.29, 1.82) is 0 Å². The van der Waals surface area contributed by atoms with Gasteiger partial charge in [-0.25, -0.2) is 4.79 Å². The zero-order valence-electron chi connectivity index (χ0n) is 6.02. The molecule has 0 rings (SSSR count). The lowest BCUT2D eigenvalue weighted by molar-refractivity contribution is 0.358. The highest BCUT2D eigenvalue weighted by molar-refractivity contribution is 5.41. The highest BCUT2D eigenvalue weighted by Crippen LogP contribution is 2.06. The van der Waals surface area contributed by atoms with Crippen LogP contribution in [0.4, 0.5) is 0 Å². The molecule has 0 heterocycles. The van der Waals surface area contributed by atoms with Crippen LogP contribution in [-0.4, -0.2) is 6.47 Å². The van der Waals surface area contributed by atoms with Gasteiger partial charge in [-0.2, -0.15) is 0 Å². The molecule has 0 unspecified atom stereocenters. The second-order valence-corrected chi connectivity index (χ2v) is 1.88. The fraction of sp³-hybridized carbons (Fsp3) is 0.571. The smallest absolute Gasteiger partial charge is 0.422 e. The average molecular weight is 127 g/mol. The van der Waals surface area contributed by atoms with Gasteiger partial charge in [-0.1, -0.05) is 6.92 Å². The zero-order chi connectivity index (χ0) is 7.28. The first-order valence-electron chi connectivity index (χ1n) is 2.92. The van der Waals surface area contributed by atoms with Gasteiger partial charge in [0.15, 0.2) is 0 Å². The van der Waals surface area contributed by atoms with Crippen molar-refractivity contribution >= 4 is 6.47 Å². The molecule has 0 amide bonds. The summed E-state index contributed by atoms with van der Waals surface area (Å²) in [6, 6.07) is 0. The SMILES string of the molecule is CC/C(C)=C(\C)O[C]=O. The van der Waals surface area contributed by atoms with Crippen LogP contribution < -0.4 is 0 Å². The van der Waals surface area contributed by atoms with E-state index in [-0.39, 0.29) is 0 Å². The fourth-order valence-corrected chi connectivity index (χ4v) is 0.399. The molecule has 0 aromatic heterocycles. The molecular weight excluding hydrogens is 116 g/mol. The lowest BCUT2D eigenvalue weighted by atomic mass is 10.2. The van der Waals surface area contributed by atoms with Gasteiger partial charge in [0.1, 0.15) is 5.76 Å². The molecule has 9 heavy (non-hydrogen) atoms. The Morgan fingerprint density at radius 1 is 1.56 bits per heavy atom. The second kappa shape index (κ2) is 4.13. The molecule has 0 atom stereocenters. The van der Waals surface area contributed by atoms with E-state index in [0.717, 1.165) is 12.0 Å². The Kier molecular flexibility index (Phi) is 3.76. The van der Waals surface area contributed by atoms with Crippen LogP contribution in [0, 0.1) is 0 Å². The van der Waals surface area contributed by atoms with Crippen molar-refractivity contribution in [3.63, 3.8) is 0 Å². The molecule has 0 spiro atoms. The van der Waals surface area contributed by atoms with E-state index in [2.05, 4.69) is 4.74 Å². The number of hydrogen-bond acceptors (Lipinski definition) is 2. The predicted molar refractivity (Wildman–Crippen MR) is 35.4 cm³/mol. The molecule has 2 heteroatoms. The minimum Gasteiger partial charge on any atom is -0.423 e. The van der Waals surface area contributed by atoms with Crippen LogP contribution in [0.15, 0.2) is 11.3 Å². The van der Waals surface area contributed by atoms with E-state index in [0.29, 0.717) is 5.76 Å². The van der Waals surface area contributed by atoms with Gasteiger partial charge in [-0.05, 0) is 25.8 Å². The van der Waals surface area contributed by atoms with Crippen molar-refractivity contribution in [2.45, 2.75) is 27.2 Å². The summed E-state index contributed by atoms with van der Waals surface area (Å²) >= 11 is 0. The van der Waals surface area contributed by atoms with Crippen molar-refractivity contribution < 1.29 is 9.53 Å². The van der Waals surface area contributed by atoms with Crippen LogP contribution in [0.5, 0.6) is 0 Å². The molecule has 0 fully saturated rings. The van der Waals surface area contributed by atoms with Crippen LogP contribution in [0.25, 0.3) is 0 Å². The van der Waals surface area contributed by atoms with E-state index in [1.54, 1.807) is 6.92 Å². The van der Waals surface area contributed by atoms with Crippen LogP contribution in [0.3, 0.4) is 0 Å². The van der Waals surface area contributed by atoms with Crippen LogP contribution in [0.2, 0.25) is 0 Å². The largest absolute Gasteiger partial charge is 0.423 e. The van der Waals surface area contributed by atoms with Crippen molar-refractivity contribution in [3.8, 4) is 0 Å². The lowest BCUT2D eigenvalue weighted by Crippen LogP contribution is -1.87. The third-order valence-corrected chi connectivity index (χ3v) is 1.33. The topological polar surface area (TPSA) is 26.3 Å². The molecular formula is C7H11O2. The first-order valence-corrected chi connectivity index (χ1v) is 2.92. The monoisotopic (exact) mass is 127 g/mol. The minimum absolute atomic E-state index is 0.660. The quantitative estimate of drug-likeness (QED) is 0.540. The van der Waals surface area contributed by atoms with Crippen molar-refractivity contribution in [3.05, 3.63) is 11.3 Å². The lowest BCUT2D eigenvalue weighted by Gasteiger charge is -1.99. The molecule has 0 bridgehead atoms. The first-order chi connectivity index (χ1) is 4.22. The van der Waals surface area contributed by atoms with Gasteiger partial charge >= 0.3 is 6.47 Å². The summed E-state index contributed by atoms with van der Waals surface area (Å²) in [4.78, 5) is 9.65. The zero-order valence-corrected chi connectivity index (χ0v) is 6.02. The molecule has 1 radical (unpaired) electrons. The molecule has 0 aliphatic heterocycles. The maximum Gasteiger partial charge on any atom is 0.422 e. The Morgan fingerprint density at radius 2 is 2.11 bits per heavy atom. The fourth-order valence-electron chi connectivity index (χ4n) is 0.399. The normalized spacial score (nSPS) is 12.3. The molecule has 0 aromatic rings. The Bertz CT molecular complexity index is 125. The van der Waals surface area contributed by atoms with Crippen molar-refractivity contribution in [1.82, 2.24) is 0 Å². The standard InChI is InChI=1S/C7H11O2/c1-4-6(2)7(3)9-5-8/h4H2,1-3H3/b7-6+. The molecule has 0 saturated heterocycles. The first kappa shape index (κ1) is 8.21. The molecule has 0 N–H and O–H groups in total. The Morgan fingerprint density at radius 3 is 2.44 bits per heavy atom. The summed E-state index contributed by atoms with van der Waals surface area (Å²) in [7, 11) is 0. The Balaban J connectivity index is 3.92. The van der Waals surface area contributed by atoms with Crippen molar-refractivity contribution in [2.24, 2.45) is 0 Å². The summed E-state index contributed by atoms with van der Waals surface area (Å²) in [6.45, 7) is 7.06. The summed E-state index contributed by atoms with van der Waals surface area (Å²) in [5, 5.41) is 0. The van der Waals surface area contributed by atoms with E-state index in [4.69, 9.17) is 0 Å². The predicted octanol–water partition coefficient (Wildman–Crippen LogP) is 1.77. The Hall–Kier alpha value is -0.790. The van der Waals surface area contributed by atoms with Gasteiger partial charge in [-0.15, -0.1) is 0 Å². The summed E-state index contributed by atoms with van der Waals surface area (Å²) in [5.41, 5.74) is 1.08. The van der Waals surface area contributed by atoms with Gasteiger partial charge in [0.2, 0.25) is 0 Å². The van der Waals surface area contributed by atoms with E-state index >= 15 is 0 Å². The van der Waals surface area contributed by atoms with E-state index in [1.165, 1.54) is 6.47 Å². The van der Waals surface area contributed by atoms with Gasteiger partial charge in [0.25, 0.3) is 0 Å². The number of ether oxygens (including phenoxy) is 1. The minimum atomic E-state index is 0.660. The summed E-state index contributed by atoms with van der Waals surface area (Å²) in [6.07, 6.45) is 0.910. The van der Waals surface area contributed by atoms with Crippen LogP contribution in [-0.2, 0) is 9.53 Å². The third-order valence-electron chi connectivity index (χ3n) is 1.33. The molecule has 0 aliphatic carbocycles. The van der Waals surface area contributed by atoms with Gasteiger partial charge in [-0.3, -0.25) is 0 Å². The molecule has 0 aliphatic rings. The average Bonchev–Trinajstić information content (AvgIpc) is 1.87. The van der Waals surface area contributed by atoms with E-state index < -0.39 is 0 Å². The van der Waals surface area contributed by atoms with Gasteiger partial charge in [0.05, 0.1) is 0 Å². The van der Waals surface area contributed by atoms with E-state index in [9.17, 15) is 4.79 Å². The Labute approximate surface area is 55.5 Å². The number of carbonyl (C=O) groups excluding carboxylic acids is 1. The molecule has 51 valence electrons. The van der Waals surface area contributed by atoms with Crippen LogP contribution in [0.1, 0.15) is 27.2 Å². The van der Waals surface area contributed by atoms with E-state index in [1.807, 2.05) is 13.8 Å². The maximum absolute atomic E-state index is 9.65. The van der Waals surface area contributed by atoms with Crippen molar-refractivity contribution in [2.75, 3.05) is 0 Å². The van der Waals surface area contributed by atoms with Gasteiger partial charge < -0.3 is 4.74 Å². The van der Waals surface area contributed by atoms with Crippen LogP contribution >= 0.6 is 0 Å². The summed E-state index contributed by atoms with van der Waals surface area (Å²) < 4.78 is 4.47. The van der Waals surface area contributed by atoms with Gasteiger partial charge in [0, 0.05) is 0 Å². The highest BCUT2D eigenvalue weighted by Gasteiger charge is 1.93. The molecule has 0 saturated carbocycles. The third kappa shape index (κ3) is 2.90. The number of allylic oxidation sites excluding steroid dienone is 2. The second-order valence-electron chi connectivity index (χ2n) is 1.88.